The Kier molecular flexibility index (Phi) is 5.42. The number of halogens is 1. The van der Waals surface area contributed by atoms with Gasteiger partial charge in [0.2, 0.25) is 5.95 Å². The van der Waals surface area contributed by atoms with Crippen molar-refractivity contribution in [3.8, 4) is 0 Å². The van der Waals surface area contributed by atoms with Crippen LogP contribution in [0.15, 0.2) is 30.3 Å². The smallest absolute Gasteiger partial charge is 0.251 e. The summed E-state index contributed by atoms with van der Waals surface area (Å²) in [4.78, 5) is 23.1. The Hall–Kier alpha value is -2.70. The normalized spacial score (nSPS) is 13.8. The molecule has 0 bridgehead atoms. The number of rotatable bonds is 6. The first kappa shape index (κ1) is 17.1. The second-order valence-corrected chi connectivity index (χ2v) is 6.07. The summed E-state index contributed by atoms with van der Waals surface area (Å²) < 4.78 is 12.9. The first-order valence-electron chi connectivity index (χ1n) is 8.50. The Labute approximate surface area is 146 Å². The van der Waals surface area contributed by atoms with Crippen molar-refractivity contribution >= 4 is 17.7 Å². The predicted octanol–water partition coefficient (Wildman–Crippen LogP) is 2.37. The third-order valence-corrected chi connectivity index (χ3v) is 4.07. The summed E-state index contributed by atoms with van der Waals surface area (Å²) in [5.74, 6) is 0.925. The molecule has 7 heteroatoms. The molecule has 0 aliphatic carbocycles. The molecule has 2 heterocycles. The second-order valence-electron chi connectivity index (χ2n) is 6.07. The summed E-state index contributed by atoms with van der Waals surface area (Å²) in [7, 11) is 0. The summed E-state index contributed by atoms with van der Waals surface area (Å²) in [6, 6.07) is 7.46. The zero-order chi connectivity index (χ0) is 17.6. The number of carbonyl (C=O) groups is 1. The maximum Gasteiger partial charge on any atom is 0.251 e. The van der Waals surface area contributed by atoms with Gasteiger partial charge in [0, 0.05) is 43.5 Å². The van der Waals surface area contributed by atoms with Crippen LogP contribution in [0.4, 0.5) is 16.2 Å². The van der Waals surface area contributed by atoms with E-state index >= 15 is 0 Å². The lowest BCUT2D eigenvalue weighted by Crippen LogP contribution is -2.29. The molecule has 0 unspecified atom stereocenters. The minimum absolute atomic E-state index is 0.232. The van der Waals surface area contributed by atoms with Gasteiger partial charge in [0.1, 0.15) is 11.6 Å². The van der Waals surface area contributed by atoms with Crippen LogP contribution in [-0.2, 0) is 0 Å². The van der Waals surface area contributed by atoms with E-state index in [0.29, 0.717) is 24.6 Å². The molecule has 1 aliphatic rings. The van der Waals surface area contributed by atoms with Crippen LogP contribution in [0, 0.1) is 12.7 Å². The molecule has 1 aliphatic heterocycles. The van der Waals surface area contributed by atoms with Crippen molar-refractivity contribution in [1.82, 2.24) is 15.3 Å². The molecule has 1 aromatic carbocycles. The van der Waals surface area contributed by atoms with Gasteiger partial charge in [-0.2, -0.15) is 4.98 Å². The summed E-state index contributed by atoms with van der Waals surface area (Å²) >= 11 is 0. The van der Waals surface area contributed by atoms with Crippen LogP contribution in [0.3, 0.4) is 0 Å². The van der Waals surface area contributed by atoms with Gasteiger partial charge in [0.15, 0.2) is 0 Å². The van der Waals surface area contributed by atoms with Crippen LogP contribution in [0.5, 0.6) is 0 Å². The van der Waals surface area contributed by atoms with Crippen molar-refractivity contribution in [2.75, 3.05) is 36.4 Å². The highest BCUT2D eigenvalue weighted by Crippen LogP contribution is 2.19. The Balaban J connectivity index is 1.50. The van der Waals surface area contributed by atoms with Crippen molar-refractivity contribution < 1.29 is 9.18 Å². The third-order valence-electron chi connectivity index (χ3n) is 4.07. The molecule has 0 spiro atoms. The number of benzene rings is 1. The van der Waals surface area contributed by atoms with Gasteiger partial charge >= 0.3 is 0 Å². The highest BCUT2D eigenvalue weighted by molar-refractivity contribution is 5.94. The fourth-order valence-corrected chi connectivity index (χ4v) is 2.79. The maximum atomic E-state index is 12.9. The largest absolute Gasteiger partial charge is 0.356 e. The average Bonchev–Trinajstić information content (AvgIpc) is 3.13. The van der Waals surface area contributed by atoms with Crippen molar-refractivity contribution in [2.45, 2.75) is 19.8 Å². The number of anilines is 2. The highest BCUT2D eigenvalue weighted by Gasteiger charge is 2.15. The van der Waals surface area contributed by atoms with E-state index in [9.17, 15) is 9.18 Å². The van der Waals surface area contributed by atoms with Gasteiger partial charge in [-0.05, 0) is 44.0 Å². The lowest BCUT2D eigenvalue weighted by Gasteiger charge is -2.17. The Morgan fingerprint density at radius 2 is 1.88 bits per heavy atom. The summed E-state index contributed by atoms with van der Waals surface area (Å²) in [6.45, 7) is 4.94. The summed E-state index contributed by atoms with van der Waals surface area (Å²) in [6.07, 6.45) is 2.39. The van der Waals surface area contributed by atoms with Crippen molar-refractivity contribution in [1.29, 1.82) is 0 Å². The number of carbonyl (C=O) groups excluding carboxylic acids is 1. The Bertz CT molecular complexity index is 729. The second kappa shape index (κ2) is 7.92. The number of hydrogen-bond acceptors (Lipinski definition) is 5. The first-order chi connectivity index (χ1) is 12.1. The SMILES string of the molecule is Cc1cc(N2CCCC2)nc(NCCNC(=O)c2ccc(F)cc2)n1. The molecule has 1 fully saturated rings. The van der Waals surface area contributed by atoms with Crippen molar-refractivity contribution in [3.05, 3.63) is 47.4 Å². The third kappa shape index (κ3) is 4.65. The molecule has 2 aromatic rings. The first-order valence-corrected chi connectivity index (χ1v) is 8.50. The monoisotopic (exact) mass is 343 g/mol. The fraction of sp³-hybridized carbons (Fsp3) is 0.389. The van der Waals surface area contributed by atoms with Gasteiger partial charge in [-0.25, -0.2) is 9.37 Å². The number of nitrogens with zero attached hydrogens (tertiary/aromatic N) is 3. The van der Waals surface area contributed by atoms with Gasteiger partial charge in [0.05, 0.1) is 0 Å². The lowest BCUT2D eigenvalue weighted by molar-refractivity contribution is 0.0955. The van der Waals surface area contributed by atoms with Crippen LogP contribution in [0.25, 0.3) is 0 Å². The van der Waals surface area contributed by atoms with Gasteiger partial charge in [-0.1, -0.05) is 0 Å². The topological polar surface area (TPSA) is 70.2 Å². The maximum absolute atomic E-state index is 12.9. The van der Waals surface area contributed by atoms with Crippen LogP contribution in [0.2, 0.25) is 0 Å². The molecule has 0 atom stereocenters. The van der Waals surface area contributed by atoms with E-state index in [1.54, 1.807) is 0 Å². The quantitative estimate of drug-likeness (QED) is 0.788. The molecule has 3 rings (SSSR count). The van der Waals surface area contributed by atoms with E-state index in [-0.39, 0.29) is 11.7 Å². The number of aromatic nitrogens is 2. The molecule has 1 saturated heterocycles. The summed E-state index contributed by atoms with van der Waals surface area (Å²) in [5, 5.41) is 5.92. The van der Waals surface area contributed by atoms with E-state index in [4.69, 9.17) is 0 Å². The zero-order valence-corrected chi connectivity index (χ0v) is 14.3. The van der Waals surface area contributed by atoms with Crippen LogP contribution in [0.1, 0.15) is 28.9 Å². The van der Waals surface area contributed by atoms with Gasteiger partial charge in [0.25, 0.3) is 5.91 Å². The molecule has 0 saturated carbocycles. The van der Waals surface area contributed by atoms with Crippen LogP contribution in [-0.4, -0.2) is 42.1 Å². The van der Waals surface area contributed by atoms with Crippen molar-refractivity contribution in [2.24, 2.45) is 0 Å². The van der Waals surface area contributed by atoms with Crippen LogP contribution < -0.4 is 15.5 Å². The molecule has 25 heavy (non-hydrogen) atoms. The molecule has 0 radical (unpaired) electrons. The van der Waals surface area contributed by atoms with Gasteiger partial charge in [-0.15, -0.1) is 0 Å². The molecular weight excluding hydrogens is 321 g/mol. The molecular formula is C18H22FN5O. The lowest BCUT2D eigenvalue weighted by atomic mass is 10.2. The van der Waals surface area contributed by atoms with E-state index in [0.717, 1.165) is 24.6 Å². The standard InChI is InChI=1S/C18H22FN5O/c1-13-12-16(24-10-2-3-11-24)23-18(22-13)21-9-8-20-17(25)14-4-6-15(19)7-5-14/h4-7,12H,2-3,8-11H2,1H3,(H,20,25)(H,21,22,23). The molecule has 6 nitrogen and oxygen atoms in total. The molecule has 1 aromatic heterocycles. The minimum Gasteiger partial charge on any atom is -0.356 e. The predicted molar refractivity (Wildman–Crippen MR) is 95.4 cm³/mol. The van der Waals surface area contributed by atoms with E-state index in [2.05, 4.69) is 25.5 Å². The average molecular weight is 343 g/mol. The van der Waals surface area contributed by atoms with Gasteiger partial charge < -0.3 is 15.5 Å². The van der Waals surface area contributed by atoms with E-state index in [1.807, 2.05) is 13.0 Å². The van der Waals surface area contributed by atoms with E-state index < -0.39 is 0 Å². The highest BCUT2D eigenvalue weighted by atomic mass is 19.1. The Morgan fingerprint density at radius 3 is 2.60 bits per heavy atom. The molecule has 1 amide bonds. The fourth-order valence-electron chi connectivity index (χ4n) is 2.79. The van der Waals surface area contributed by atoms with Crippen molar-refractivity contribution in [3.63, 3.8) is 0 Å². The minimum atomic E-state index is -0.358. The molecule has 2 N–H and O–H groups in total. The number of amides is 1. The van der Waals surface area contributed by atoms with E-state index in [1.165, 1.54) is 37.1 Å². The Morgan fingerprint density at radius 1 is 1.16 bits per heavy atom. The van der Waals surface area contributed by atoms with Gasteiger partial charge in [-0.3, -0.25) is 4.79 Å². The zero-order valence-electron chi connectivity index (χ0n) is 14.3. The number of nitrogens with one attached hydrogen (secondary N) is 2. The van der Waals surface area contributed by atoms with Crippen LogP contribution >= 0.6 is 0 Å². The number of hydrogen-bond donors (Lipinski definition) is 2. The number of aryl methyl sites for hydroxylation is 1. The summed E-state index contributed by atoms with van der Waals surface area (Å²) in [5.41, 5.74) is 1.35. The molecule has 132 valence electrons.